The van der Waals surface area contributed by atoms with E-state index >= 15 is 0 Å². The maximum atomic E-state index is 12.9. The Balaban J connectivity index is 1.65. The summed E-state index contributed by atoms with van der Waals surface area (Å²) in [5.41, 5.74) is 3.08. The second-order valence-electron chi connectivity index (χ2n) is 6.10. The van der Waals surface area contributed by atoms with Crippen LogP contribution in [-0.2, 0) is 11.2 Å². The number of hydrogen-bond acceptors (Lipinski definition) is 4. The van der Waals surface area contributed by atoms with Crippen LogP contribution in [0.4, 0.5) is 5.69 Å². The topological polar surface area (TPSA) is 64.7 Å². The Bertz CT molecular complexity index is 594. The Morgan fingerprint density at radius 2 is 2.00 bits per heavy atom. The predicted octanol–water partition coefficient (Wildman–Crippen LogP) is 0.549. The molecule has 0 radical (unpaired) electrons. The average molecular weight is 316 g/mol. The lowest BCUT2D eigenvalue weighted by molar-refractivity contribution is -0.122. The van der Waals surface area contributed by atoms with Gasteiger partial charge in [0.15, 0.2) is 0 Å². The smallest absolute Gasteiger partial charge is 0.254 e. The van der Waals surface area contributed by atoms with Gasteiger partial charge in [0.25, 0.3) is 5.91 Å². The van der Waals surface area contributed by atoms with Crippen LogP contribution in [0.25, 0.3) is 0 Å². The first kappa shape index (κ1) is 15.8. The summed E-state index contributed by atoms with van der Waals surface area (Å²) in [5, 5.41) is 6.01. The number of piperazine rings is 1. The number of benzene rings is 1. The van der Waals surface area contributed by atoms with E-state index in [1.54, 1.807) is 7.05 Å². The monoisotopic (exact) mass is 316 g/mol. The summed E-state index contributed by atoms with van der Waals surface area (Å²) >= 11 is 0. The van der Waals surface area contributed by atoms with E-state index in [4.69, 9.17) is 0 Å². The minimum Gasteiger partial charge on any atom is -0.385 e. The van der Waals surface area contributed by atoms with Crippen molar-refractivity contribution in [2.45, 2.75) is 12.8 Å². The van der Waals surface area contributed by atoms with Crippen LogP contribution in [-0.4, -0.2) is 67.9 Å². The summed E-state index contributed by atoms with van der Waals surface area (Å²) in [6.45, 7) is 4.21. The number of carbonyl (C=O) groups excluding carboxylic acids is 2. The Kier molecular flexibility index (Phi) is 4.81. The highest BCUT2D eigenvalue weighted by Gasteiger charge is 2.25. The summed E-state index contributed by atoms with van der Waals surface area (Å²) in [5.74, 6) is 0.137. The molecule has 2 heterocycles. The molecule has 6 heteroatoms. The molecule has 6 nitrogen and oxygen atoms in total. The molecular weight excluding hydrogens is 292 g/mol. The molecule has 0 unspecified atom stereocenters. The zero-order valence-corrected chi connectivity index (χ0v) is 13.6. The number of fused-ring (bicyclic) bond motifs is 1. The Morgan fingerprint density at radius 3 is 2.74 bits per heavy atom. The molecule has 0 saturated carbocycles. The van der Waals surface area contributed by atoms with E-state index in [2.05, 4.69) is 15.5 Å². The van der Waals surface area contributed by atoms with E-state index in [1.165, 1.54) is 0 Å². The van der Waals surface area contributed by atoms with Gasteiger partial charge in [-0.3, -0.25) is 14.5 Å². The van der Waals surface area contributed by atoms with Gasteiger partial charge in [-0.2, -0.15) is 0 Å². The molecule has 0 spiro atoms. The van der Waals surface area contributed by atoms with Crippen molar-refractivity contribution in [1.29, 1.82) is 0 Å². The highest BCUT2D eigenvalue weighted by Crippen LogP contribution is 2.26. The third-order valence-electron chi connectivity index (χ3n) is 4.63. The van der Waals surface area contributed by atoms with Gasteiger partial charge in [0, 0.05) is 51.0 Å². The molecule has 2 aliphatic heterocycles. The van der Waals surface area contributed by atoms with E-state index in [0.29, 0.717) is 19.6 Å². The van der Waals surface area contributed by atoms with Gasteiger partial charge in [0.1, 0.15) is 0 Å². The maximum absolute atomic E-state index is 12.9. The van der Waals surface area contributed by atoms with Crippen LogP contribution in [0, 0.1) is 0 Å². The minimum atomic E-state index is 0.0213. The van der Waals surface area contributed by atoms with E-state index in [0.717, 1.165) is 49.3 Å². The number of rotatable bonds is 3. The van der Waals surface area contributed by atoms with Crippen molar-refractivity contribution in [2.24, 2.45) is 0 Å². The molecule has 0 bridgehead atoms. The van der Waals surface area contributed by atoms with Crippen LogP contribution in [0.15, 0.2) is 18.2 Å². The third kappa shape index (κ3) is 3.47. The fraction of sp³-hybridized carbons (Fsp3) is 0.529. The van der Waals surface area contributed by atoms with Crippen LogP contribution in [0.1, 0.15) is 22.3 Å². The van der Waals surface area contributed by atoms with Crippen molar-refractivity contribution in [1.82, 2.24) is 15.1 Å². The Labute approximate surface area is 136 Å². The first-order valence-corrected chi connectivity index (χ1v) is 8.27. The van der Waals surface area contributed by atoms with E-state index in [9.17, 15) is 9.59 Å². The SMILES string of the molecule is CNC(=O)CN1CCN(C(=O)c2cccc3c2CCCN3)CC1. The third-order valence-corrected chi connectivity index (χ3v) is 4.63. The molecule has 124 valence electrons. The quantitative estimate of drug-likeness (QED) is 0.855. The average Bonchev–Trinajstić information content (AvgIpc) is 2.61. The molecule has 0 aliphatic carbocycles. The molecule has 23 heavy (non-hydrogen) atoms. The van der Waals surface area contributed by atoms with Crippen LogP contribution >= 0.6 is 0 Å². The number of hydrogen-bond donors (Lipinski definition) is 2. The molecule has 0 aromatic heterocycles. The standard InChI is InChI=1S/C17H24N4O2/c1-18-16(22)12-20-8-10-21(11-9-20)17(23)14-4-2-6-15-13(14)5-3-7-19-15/h2,4,6,19H,3,5,7-12H2,1H3,(H,18,22). The van der Waals surface area contributed by atoms with E-state index in [1.807, 2.05) is 23.1 Å². The van der Waals surface area contributed by atoms with Gasteiger partial charge >= 0.3 is 0 Å². The number of nitrogens with one attached hydrogen (secondary N) is 2. The summed E-state index contributed by atoms with van der Waals surface area (Å²) in [4.78, 5) is 28.3. The van der Waals surface area contributed by atoms with Gasteiger partial charge < -0.3 is 15.5 Å². The Morgan fingerprint density at radius 1 is 1.22 bits per heavy atom. The summed E-state index contributed by atoms with van der Waals surface area (Å²) in [6, 6.07) is 5.93. The molecule has 3 rings (SSSR count). The molecular formula is C17H24N4O2. The molecule has 1 fully saturated rings. The number of amides is 2. The second kappa shape index (κ2) is 7.00. The molecule has 1 saturated heterocycles. The van der Waals surface area contributed by atoms with Crippen LogP contribution in [0.2, 0.25) is 0 Å². The zero-order chi connectivity index (χ0) is 16.2. The molecule has 2 aliphatic rings. The number of likely N-dealkylation sites (N-methyl/N-ethyl adjacent to an activating group) is 1. The molecule has 0 atom stereocenters. The maximum Gasteiger partial charge on any atom is 0.254 e. The van der Waals surface area contributed by atoms with Crippen LogP contribution in [0.3, 0.4) is 0 Å². The van der Waals surface area contributed by atoms with Gasteiger partial charge in [0.2, 0.25) is 5.91 Å². The molecule has 2 N–H and O–H groups in total. The van der Waals surface area contributed by atoms with Crippen molar-refractivity contribution in [2.75, 3.05) is 51.6 Å². The van der Waals surface area contributed by atoms with Gasteiger partial charge in [-0.1, -0.05) is 6.07 Å². The van der Waals surface area contributed by atoms with Crippen molar-refractivity contribution in [3.8, 4) is 0 Å². The van der Waals surface area contributed by atoms with E-state index in [-0.39, 0.29) is 11.8 Å². The number of carbonyl (C=O) groups is 2. The van der Waals surface area contributed by atoms with Crippen LogP contribution < -0.4 is 10.6 Å². The lowest BCUT2D eigenvalue weighted by Crippen LogP contribution is -2.51. The van der Waals surface area contributed by atoms with Crippen molar-refractivity contribution < 1.29 is 9.59 Å². The van der Waals surface area contributed by atoms with Gasteiger partial charge in [-0.25, -0.2) is 0 Å². The predicted molar refractivity (Wildman–Crippen MR) is 89.7 cm³/mol. The second-order valence-corrected chi connectivity index (χ2v) is 6.10. The minimum absolute atomic E-state index is 0.0213. The summed E-state index contributed by atoms with van der Waals surface area (Å²) < 4.78 is 0. The summed E-state index contributed by atoms with van der Waals surface area (Å²) in [6.07, 6.45) is 2.03. The highest BCUT2D eigenvalue weighted by atomic mass is 16.2. The van der Waals surface area contributed by atoms with Gasteiger partial charge in [0.05, 0.1) is 6.54 Å². The lowest BCUT2D eigenvalue weighted by atomic mass is 9.96. The first-order valence-electron chi connectivity index (χ1n) is 8.27. The van der Waals surface area contributed by atoms with Crippen LogP contribution in [0.5, 0.6) is 0 Å². The normalized spacial score (nSPS) is 18.0. The molecule has 1 aromatic rings. The number of nitrogens with zero attached hydrogens (tertiary/aromatic N) is 2. The fourth-order valence-corrected chi connectivity index (χ4v) is 3.27. The fourth-order valence-electron chi connectivity index (χ4n) is 3.27. The largest absolute Gasteiger partial charge is 0.385 e. The lowest BCUT2D eigenvalue weighted by Gasteiger charge is -2.35. The van der Waals surface area contributed by atoms with E-state index < -0.39 is 0 Å². The zero-order valence-electron chi connectivity index (χ0n) is 13.6. The summed E-state index contributed by atoms with van der Waals surface area (Å²) in [7, 11) is 1.65. The van der Waals surface area contributed by atoms with Crippen molar-refractivity contribution in [3.63, 3.8) is 0 Å². The molecule has 2 amide bonds. The van der Waals surface area contributed by atoms with Gasteiger partial charge in [-0.05, 0) is 30.5 Å². The van der Waals surface area contributed by atoms with Crippen molar-refractivity contribution >= 4 is 17.5 Å². The van der Waals surface area contributed by atoms with Crippen molar-refractivity contribution in [3.05, 3.63) is 29.3 Å². The Hall–Kier alpha value is -2.08. The number of anilines is 1. The molecule has 1 aromatic carbocycles. The highest BCUT2D eigenvalue weighted by molar-refractivity contribution is 5.97. The van der Waals surface area contributed by atoms with Gasteiger partial charge in [-0.15, -0.1) is 0 Å². The first-order chi connectivity index (χ1) is 11.2.